The molecule has 0 spiro atoms. The summed E-state index contributed by atoms with van der Waals surface area (Å²) in [5, 5.41) is 6.07. The second-order valence-electron chi connectivity index (χ2n) is 6.11. The molecule has 0 atom stereocenters. The Labute approximate surface area is 159 Å². The zero-order valence-electron chi connectivity index (χ0n) is 15.3. The number of pyridine rings is 1. The second-order valence-corrected chi connectivity index (χ2v) is 6.11. The molecule has 0 aliphatic carbocycles. The van der Waals surface area contributed by atoms with Crippen LogP contribution in [0.3, 0.4) is 0 Å². The maximum atomic E-state index is 12.1. The number of anilines is 2. The Morgan fingerprint density at radius 2 is 1.81 bits per heavy atom. The smallest absolute Gasteiger partial charge is 0.251 e. The van der Waals surface area contributed by atoms with Crippen LogP contribution in [0.15, 0.2) is 72.9 Å². The van der Waals surface area contributed by atoms with E-state index in [1.165, 1.54) is 0 Å². The Hall–Kier alpha value is -3.34. The van der Waals surface area contributed by atoms with Crippen molar-refractivity contribution in [2.24, 2.45) is 0 Å². The molecule has 0 aliphatic heterocycles. The maximum absolute atomic E-state index is 12.1. The molecular weight excluding hydrogens is 338 g/mol. The highest BCUT2D eigenvalue weighted by Crippen LogP contribution is 2.20. The minimum absolute atomic E-state index is 0.0908. The van der Waals surface area contributed by atoms with E-state index in [2.05, 4.69) is 15.6 Å². The van der Waals surface area contributed by atoms with Crippen molar-refractivity contribution >= 4 is 17.4 Å². The lowest BCUT2D eigenvalue weighted by Crippen LogP contribution is -2.24. The normalized spacial score (nSPS) is 10.3. The summed E-state index contributed by atoms with van der Waals surface area (Å²) in [7, 11) is 0. The van der Waals surface area contributed by atoms with Crippen molar-refractivity contribution in [3.05, 3.63) is 84.1 Å². The highest BCUT2D eigenvalue weighted by Gasteiger charge is 2.06. The number of rotatable bonds is 8. The van der Waals surface area contributed by atoms with Crippen LogP contribution >= 0.6 is 0 Å². The van der Waals surface area contributed by atoms with Crippen molar-refractivity contribution in [3.63, 3.8) is 0 Å². The van der Waals surface area contributed by atoms with Gasteiger partial charge in [-0.1, -0.05) is 37.3 Å². The summed E-state index contributed by atoms with van der Waals surface area (Å²) in [6, 6.07) is 21.1. The van der Waals surface area contributed by atoms with Crippen molar-refractivity contribution in [2.75, 3.05) is 11.9 Å². The first-order chi connectivity index (χ1) is 13.2. The van der Waals surface area contributed by atoms with E-state index in [1.54, 1.807) is 18.3 Å². The van der Waals surface area contributed by atoms with Crippen LogP contribution in [0, 0.1) is 0 Å². The van der Waals surface area contributed by atoms with Gasteiger partial charge in [0.25, 0.3) is 5.91 Å². The first kappa shape index (κ1) is 18.5. The van der Waals surface area contributed by atoms with Crippen LogP contribution in [0.5, 0.6) is 5.75 Å². The molecule has 1 amide bonds. The largest absolute Gasteiger partial charge is 0.489 e. The third-order valence-electron chi connectivity index (χ3n) is 3.93. The number of hydrogen-bond donors (Lipinski definition) is 2. The Kier molecular flexibility index (Phi) is 6.41. The van der Waals surface area contributed by atoms with Crippen molar-refractivity contribution in [1.82, 2.24) is 10.3 Å². The second kappa shape index (κ2) is 9.38. The molecule has 3 rings (SSSR count). The molecule has 0 saturated carbocycles. The topological polar surface area (TPSA) is 63.2 Å². The number of benzene rings is 2. The van der Waals surface area contributed by atoms with Crippen LogP contribution in [0.25, 0.3) is 0 Å². The van der Waals surface area contributed by atoms with Gasteiger partial charge in [0.1, 0.15) is 18.2 Å². The standard InChI is InChI=1S/C22H23N3O2/c1-2-13-24-22(26)18-12-14-23-21(15-18)25-19-8-10-20(11-9-19)27-16-17-6-4-3-5-7-17/h3-12,14-15H,2,13,16H2,1H3,(H,23,25)(H,24,26). The molecule has 27 heavy (non-hydrogen) atoms. The van der Waals surface area contributed by atoms with Gasteiger partial charge in [-0.2, -0.15) is 0 Å². The Bertz CT molecular complexity index is 864. The fraction of sp³-hybridized carbons (Fsp3) is 0.182. The molecule has 5 heteroatoms. The molecule has 3 aromatic rings. The number of nitrogens with zero attached hydrogens (tertiary/aromatic N) is 1. The highest BCUT2D eigenvalue weighted by molar-refractivity contribution is 5.94. The number of hydrogen-bond acceptors (Lipinski definition) is 4. The summed E-state index contributed by atoms with van der Waals surface area (Å²) in [5.41, 5.74) is 2.59. The first-order valence-corrected chi connectivity index (χ1v) is 9.02. The molecule has 1 aromatic heterocycles. The van der Waals surface area contributed by atoms with Crippen molar-refractivity contribution in [2.45, 2.75) is 20.0 Å². The predicted octanol–water partition coefficient (Wildman–Crippen LogP) is 4.54. The Balaban J connectivity index is 1.58. The molecule has 2 N–H and O–H groups in total. The highest BCUT2D eigenvalue weighted by atomic mass is 16.5. The van der Waals surface area contributed by atoms with Crippen LogP contribution < -0.4 is 15.4 Å². The minimum atomic E-state index is -0.0908. The molecule has 0 unspecified atom stereocenters. The molecule has 0 aliphatic rings. The first-order valence-electron chi connectivity index (χ1n) is 9.02. The lowest BCUT2D eigenvalue weighted by molar-refractivity contribution is 0.0953. The molecule has 1 heterocycles. The van der Waals surface area contributed by atoms with Crippen LogP contribution in [-0.4, -0.2) is 17.4 Å². The van der Waals surface area contributed by atoms with E-state index in [4.69, 9.17) is 4.74 Å². The SMILES string of the molecule is CCCNC(=O)c1ccnc(Nc2ccc(OCc3ccccc3)cc2)c1. The van der Waals surface area contributed by atoms with Crippen molar-refractivity contribution < 1.29 is 9.53 Å². The summed E-state index contributed by atoms with van der Waals surface area (Å²) in [6.07, 6.45) is 2.53. The average Bonchev–Trinajstić information content (AvgIpc) is 2.72. The van der Waals surface area contributed by atoms with Gasteiger partial charge in [-0.15, -0.1) is 0 Å². The summed E-state index contributed by atoms with van der Waals surface area (Å²) in [5.74, 6) is 1.33. The molecule has 138 valence electrons. The number of nitrogens with one attached hydrogen (secondary N) is 2. The summed E-state index contributed by atoms with van der Waals surface area (Å²) in [6.45, 7) is 3.21. The Morgan fingerprint density at radius 1 is 1.04 bits per heavy atom. The van der Waals surface area contributed by atoms with Crippen molar-refractivity contribution in [1.29, 1.82) is 0 Å². The summed E-state index contributed by atoms with van der Waals surface area (Å²) < 4.78 is 5.79. The van der Waals surface area contributed by atoms with Crippen molar-refractivity contribution in [3.8, 4) is 5.75 Å². The van der Waals surface area contributed by atoms with Gasteiger partial charge >= 0.3 is 0 Å². The minimum Gasteiger partial charge on any atom is -0.489 e. The van der Waals surface area contributed by atoms with Crippen LogP contribution in [0.1, 0.15) is 29.3 Å². The number of aromatic nitrogens is 1. The zero-order valence-corrected chi connectivity index (χ0v) is 15.3. The van der Waals surface area contributed by atoms with Crippen LogP contribution in [0.2, 0.25) is 0 Å². The Morgan fingerprint density at radius 3 is 2.56 bits per heavy atom. The van der Waals surface area contributed by atoms with Gasteiger partial charge in [-0.05, 0) is 48.4 Å². The molecule has 0 saturated heterocycles. The van der Waals surface area contributed by atoms with Crippen LogP contribution in [-0.2, 0) is 6.61 Å². The van der Waals surface area contributed by atoms with E-state index in [9.17, 15) is 4.79 Å². The van der Waals surface area contributed by atoms with Gasteiger partial charge in [-0.3, -0.25) is 4.79 Å². The van der Waals surface area contributed by atoms with E-state index in [0.29, 0.717) is 24.5 Å². The van der Waals surface area contributed by atoms with E-state index >= 15 is 0 Å². The van der Waals surface area contributed by atoms with Gasteiger partial charge in [-0.25, -0.2) is 4.98 Å². The summed E-state index contributed by atoms with van der Waals surface area (Å²) in [4.78, 5) is 16.3. The molecule has 5 nitrogen and oxygen atoms in total. The maximum Gasteiger partial charge on any atom is 0.251 e. The number of carbonyl (C=O) groups is 1. The summed E-state index contributed by atoms with van der Waals surface area (Å²) >= 11 is 0. The monoisotopic (exact) mass is 361 g/mol. The number of carbonyl (C=O) groups excluding carboxylic acids is 1. The molecular formula is C22H23N3O2. The zero-order chi connectivity index (χ0) is 18.9. The molecule has 0 bridgehead atoms. The van der Waals surface area contributed by atoms with Gasteiger partial charge in [0, 0.05) is 24.0 Å². The van der Waals surface area contributed by atoms with Crippen LogP contribution in [0.4, 0.5) is 11.5 Å². The average molecular weight is 361 g/mol. The van der Waals surface area contributed by atoms with Gasteiger partial charge < -0.3 is 15.4 Å². The third-order valence-corrected chi connectivity index (χ3v) is 3.93. The lowest BCUT2D eigenvalue weighted by Gasteiger charge is -2.10. The quantitative estimate of drug-likeness (QED) is 0.618. The number of ether oxygens (including phenoxy) is 1. The molecule has 2 aromatic carbocycles. The third kappa shape index (κ3) is 5.57. The van der Waals surface area contributed by atoms with Gasteiger partial charge in [0.15, 0.2) is 0 Å². The van der Waals surface area contributed by atoms with E-state index in [1.807, 2.05) is 61.5 Å². The predicted molar refractivity (Wildman–Crippen MR) is 107 cm³/mol. The van der Waals surface area contributed by atoms with E-state index < -0.39 is 0 Å². The van der Waals surface area contributed by atoms with E-state index in [0.717, 1.165) is 23.4 Å². The lowest BCUT2D eigenvalue weighted by atomic mass is 10.2. The fourth-order valence-corrected chi connectivity index (χ4v) is 2.50. The number of amides is 1. The van der Waals surface area contributed by atoms with Gasteiger partial charge in [0.05, 0.1) is 0 Å². The fourth-order valence-electron chi connectivity index (χ4n) is 2.50. The molecule has 0 fully saturated rings. The van der Waals surface area contributed by atoms with E-state index in [-0.39, 0.29) is 5.91 Å². The molecule has 0 radical (unpaired) electrons. The van der Waals surface area contributed by atoms with Gasteiger partial charge in [0.2, 0.25) is 0 Å².